The van der Waals surface area contributed by atoms with Crippen molar-refractivity contribution in [3.8, 4) is 5.75 Å². The van der Waals surface area contributed by atoms with Gasteiger partial charge in [0.15, 0.2) is 0 Å². The third-order valence-electron chi connectivity index (χ3n) is 3.20. The molecule has 19 heavy (non-hydrogen) atoms. The number of ether oxygens (including phenoxy) is 1. The molecule has 1 aromatic carbocycles. The van der Waals surface area contributed by atoms with Crippen LogP contribution in [0.25, 0.3) is 0 Å². The molecule has 1 aliphatic rings. The number of nitrogens with zero attached hydrogens (tertiary/aromatic N) is 1. The zero-order chi connectivity index (χ0) is 13.4. The van der Waals surface area contributed by atoms with E-state index in [0.717, 1.165) is 11.3 Å². The Hall–Kier alpha value is -2.56. The minimum absolute atomic E-state index is 0.0870. The molecule has 2 heterocycles. The van der Waals surface area contributed by atoms with E-state index in [2.05, 4.69) is 0 Å². The molecule has 5 nitrogen and oxygen atoms in total. The van der Waals surface area contributed by atoms with Crippen LogP contribution in [0.5, 0.6) is 5.75 Å². The number of rotatable bonds is 2. The van der Waals surface area contributed by atoms with E-state index in [1.165, 1.54) is 22.9 Å². The molecule has 96 valence electrons. The molecular formula is C14H11NO4. The SMILES string of the molecule is O=C(O)c1ccc(=O)n(C2COc3ccccc32)c1. The molecule has 0 bridgehead atoms. The van der Waals surface area contributed by atoms with Gasteiger partial charge in [0.2, 0.25) is 0 Å². The minimum atomic E-state index is -1.05. The Labute approximate surface area is 108 Å². The van der Waals surface area contributed by atoms with E-state index >= 15 is 0 Å². The number of aromatic carboxylic acids is 1. The number of para-hydroxylation sites is 1. The van der Waals surface area contributed by atoms with E-state index in [0.29, 0.717) is 6.61 Å². The number of benzene rings is 1. The second kappa shape index (κ2) is 4.28. The van der Waals surface area contributed by atoms with Gasteiger partial charge in [-0.1, -0.05) is 18.2 Å². The summed E-state index contributed by atoms with van der Waals surface area (Å²) in [4.78, 5) is 22.9. The van der Waals surface area contributed by atoms with Gasteiger partial charge in [-0.3, -0.25) is 4.79 Å². The van der Waals surface area contributed by atoms with Crippen molar-refractivity contribution in [3.63, 3.8) is 0 Å². The van der Waals surface area contributed by atoms with Crippen molar-refractivity contribution in [2.24, 2.45) is 0 Å². The summed E-state index contributed by atoms with van der Waals surface area (Å²) in [5.74, 6) is -0.318. The number of carboxylic acid groups (broad SMARTS) is 1. The van der Waals surface area contributed by atoms with Crippen LogP contribution < -0.4 is 10.3 Å². The fourth-order valence-corrected chi connectivity index (χ4v) is 2.25. The first-order valence-electron chi connectivity index (χ1n) is 5.84. The minimum Gasteiger partial charge on any atom is -0.491 e. The molecule has 2 aromatic rings. The highest BCUT2D eigenvalue weighted by atomic mass is 16.5. The van der Waals surface area contributed by atoms with Gasteiger partial charge in [0.1, 0.15) is 12.4 Å². The number of aromatic nitrogens is 1. The maximum absolute atomic E-state index is 11.9. The Morgan fingerprint density at radius 3 is 2.84 bits per heavy atom. The van der Waals surface area contributed by atoms with Crippen LogP contribution in [0.2, 0.25) is 0 Å². The number of pyridine rings is 1. The second-order valence-corrected chi connectivity index (χ2v) is 4.33. The molecule has 1 atom stereocenters. The quantitative estimate of drug-likeness (QED) is 0.885. The van der Waals surface area contributed by atoms with E-state index in [-0.39, 0.29) is 17.2 Å². The summed E-state index contributed by atoms with van der Waals surface area (Å²) in [5.41, 5.74) is 0.742. The van der Waals surface area contributed by atoms with Crippen molar-refractivity contribution >= 4 is 5.97 Å². The smallest absolute Gasteiger partial charge is 0.337 e. The van der Waals surface area contributed by atoms with Crippen molar-refractivity contribution < 1.29 is 14.6 Å². The predicted molar refractivity (Wildman–Crippen MR) is 67.7 cm³/mol. The van der Waals surface area contributed by atoms with E-state index in [9.17, 15) is 9.59 Å². The average molecular weight is 257 g/mol. The molecular weight excluding hydrogens is 246 g/mol. The molecule has 0 amide bonds. The molecule has 5 heteroatoms. The average Bonchev–Trinajstić information content (AvgIpc) is 2.83. The molecule has 1 N–H and O–H groups in total. The molecule has 0 radical (unpaired) electrons. The number of carboxylic acids is 1. The number of carbonyl (C=O) groups is 1. The van der Waals surface area contributed by atoms with Crippen LogP contribution in [0.15, 0.2) is 47.4 Å². The molecule has 0 saturated heterocycles. The van der Waals surface area contributed by atoms with Crippen molar-refractivity contribution in [3.05, 3.63) is 64.1 Å². The Bertz CT molecular complexity index is 705. The molecule has 1 aromatic heterocycles. The van der Waals surface area contributed by atoms with Crippen LogP contribution in [-0.4, -0.2) is 22.2 Å². The lowest BCUT2D eigenvalue weighted by Gasteiger charge is -2.13. The molecule has 3 rings (SSSR count). The summed E-state index contributed by atoms with van der Waals surface area (Å²) in [5, 5.41) is 8.99. The Balaban J connectivity index is 2.11. The van der Waals surface area contributed by atoms with Gasteiger partial charge in [0, 0.05) is 17.8 Å². The van der Waals surface area contributed by atoms with Crippen LogP contribution in [0.4, 0.5) is 0 Å². The normalized spacial score (nSPS) is 16.7. The Morgan fingerprint density at radius 2 is 2.05 bits per heavy atom. The van der Waals surface area contributed by atoms with Gasteiger partial charge in [-0.25, -0.2) is 4.79 Å². The molecule has 0 aliphatic carbocycles. The third-order valence-corrected chi connectivity index (χ3v) is 3.20. The van der Waals surface area contributed by atoms with E-state index < -0.39 is 5.97 Å². The highest BCUT2D eigenvalue weighted by molar-refractivity contribution is 5.87. The summed E-state index contributed by atoms with van der Waals surface area (Å²) < 4.78 is 6.93. The van der Waals surface area contributed by atoms with E-state index in [4.69, 9.17) is 9.84 Å². The first kappa shape index (κ1) is 11.5. The van der Waals surface area contributed by atoms with Gasteiger partial charge >= 0.3 is 5.97 Å². The maximum atomic E-state index is 11.9. The summed E-state index contributed by atoms with van der Waals surface area (Å²) in [6, 6.07) is 9.74. The van der Waals surface area contributed by atoms with Crippen LogP contribution in [0.1, 0.15) is 22.0 Å². The highest BCUT2D eigenvalue weighted by Crippen LogP contribution is 2.33. The monoisotopic (exact) mass is 257 g/mol. The first-order valence-corrected chi connectivity index (χ1v) is 5.84. The number of hydrogen-bond acceptors (Lipinski definition) is 3. The number of hydrogen-bond donors (Lipinski definition) is 1. The molecule has 0 saturated carbocycles. The summed E-state index contributed by atoms with van der Waals surface area (Å²) in [6.45, 7) is 0.336. The number of fused-ring (bicyclic) bond motifs is 1. The van der Waals surface area contributed by atoms with E-state index in [1.54, 1.807) is 0 Å². The van der Waals surface area contributed by atoms with Crippen molar-refractivity contribution in [1.82, 2.24) is 4.57 Å². The Morgan fingerprint density at radius 1 is 1.26 bits per heavy atom. The van der Waals surface area contributed by atoms with Gasteiger partial charge in [-0.2, -0.15) is 0 Å². The highest BCUT2D eigenvalue weighted by Gasteiger charge is 2.26. The molecule has 0 fully saturated rings. The molecule has 1 unspecified atom stereocenters. The standard InChI is InChI=1S/C14H11NO4/c16-13-6-5-9(14(17)18)7-15(13)11-8-19-12-4-2-1-3-10(11)12/h1-7,11H,8H2,(H,17,18). The first-order chi connectivity index (χ1) is 9.16. The van der Waals surface area contributed by atoms with Crippen LogP contribution in [0.3, 0.4) is 0 Å². The van der Waals surface area contributed by atoms with E-state index in [1.807, 2.05) is 24.3 Å². The molecule has 0 spiro atoms. The van der Waals surface area contributed by atoms with Gasteiger partial charge in [-0.05, 0) is 12.1 Å². The lowest BCUT2D eigenvalue weighted by atomic mass is 10.1. The zero-order valence-corrected chi connectivity index (χ0v) is 9.95. The second-order valence-electron chi connectivity index (χ2n) is 4.33. The maximum Gasteiger partial charge on any atom is 0.337 e. The fraction of sp³-hybridized carbons (Fsp3) is 0.143. The lowest BCUT2D eigenvalue weighted by molar-refractivity contribution is 0.0695. The summed E-state index contributed by atoms with van der Waals surface area (Å²) in [6.07, 6.45) is 1.36. The van der Waals surface area contributed by atoms with Crippen LogP contribution >= 0.6 is 0 Å². The third kappa shape index (κ3) is 1.89. The molecule has 1 aliphatic heterocycles. The zero-order valence-electron chi connectivity index (χ0n) is 9.95. The summed E-state index contributed by atoms with van der Waals surface area (Å²) >= 11 is 0. The van der Waals surface area contributed by atoms with Gasteiger partial charge in [0.05, 0.1) is 11.6 Å². The van der Waals surface area contributed by atoms with Gasteiger partial charge in [0.25, 0.3) is 5.56 Å². The predicted octanol–water partition coefficient (Wildman–Crippen LogP) is 1.53. The van der Waals surface area contributed by atoms with Gasteiger partial charge < -0.3 is 14.4 Å². The topological polar surface area (TPSA) is 68.5 Å². The Kier molecular flexibility index (Phi) is 2.59. The van der Waals surface area contributed by atoms with Crippen LogP contribution in [0, 0.1) is 0 Å². The van der Waals surface area contributed by atoms with Crippen molar-refractivity contribution in [2.45, 2.75) is 6.04 Å². The van der Waals surface area contributed by atoms with Crippen molar-refractivity contribution in [2.75, 3.05) is 6.61 Å². The van der Waals surface area contributed by atoms with Crippen molar-refractivity contribution in [1.29, 1.82) is 0 Å². The fourth-order valence-electron chi connectivity index (χ4n) is 2.25. The van der Waals surface area contributed by atoms with Gasteiger partial charge in [-0.15, -0.1) is 0 Å². The van der Waals surface area contributed by atoms with Crippen LogP contribution in [-0.2, 0) is 0 Å². The summed E-state index contributed by atoms with van der Waals surface area (Å²) in [7, 11) is 0. The largest absolute Gasteiger partial charge is 0.491 e. The lowest BCUT2D eigenvalue weighted by Crippen LogP contribution is -2.26.